The maximum absolute atomic E-state index is 5.73. The van der Waals surface area contributed by atoms with Crippen LogP contribution in [0, 0.1) is 0 Å². The molecular formula is C17H34N2O. The lowest BCUT2D eigenvalue weighted by Gasteiger charge is -2.37. The van der Waals surface area contributed by atoms with Crippen LogP contribution in [-0.4, -0.2) is 48.8 Å². The molecular weight excluding hydrogens is 248 g/mol. The van der Waals surface area contributed by atoms with Crippen molar-refractivity contribution in [1.29, 1.82) is 0 Å². The lowest BCUT2D eigenvalue weighted by atomic mass is 9.99. The fourth-order valence-corrected chi connectivity index (χ4v) is 3.40. The Morgan fingerprint density at radius 1 is 1.15 bits per heavy atom. The summed E-state index contributed by atoms with van der Waals surface area (Å²) in [7, 11) is 0. The van der Waals surface area contributed by atoms with Crippen molar-refractivity contribution in [2.45, 2.75) is 83.4 Å². The fourth-order valence-electron chi connectivity index (χ4n) is 3.40. The van der Waals surface area contributed by atoms with Gasteiger partial charge in [-0.25, -0.2) is 0 Å². The lowest BCUT2D eigenvalue weighted by Crippen LogP contribution is -2.49. The maximum Gasteiger partial charge on any atom is 0.0576 e. The Kier molecular flexibility index (Phi) is 6.31. The molecule has 0 aliphatic carbocycles. The first-order valence-corrected chi connectivity index (χ1v) is 8.65. The zero-order valence-corrected chi connectivity index (χ0v) is 13.8. The molecule has 0 aromatic rings. The van der Waals surface area contributed by atoms with Crippen LogP contribution in [0.25, 0.3) is 0 Å². The number of nitrogens with one attached hydrogen (secondary N) is 1. The van der Waals surface area contributed by atoms with Crippen LogP contribution >= 0.6 is 0 Å². The highest BCUT2D eigenvalue weighted by Gasteiger charge is 2.24. The molecule has 0 spiro atoms. The number of ether oxygens (including phenoxy) is 1. The second-order valence-corrected chi connectivity index (χ2v) is 7.59. The Morgan fingerprint density at radius 2 is 2.00 bits per heavy atom. The fraction of sp³-hybridized carbons (Fsp3) is 1.00. The Bertz CT molecular complexity index is 269. The van der Waals surface area contributed by atoms with E-state index in [1.54, 1.807) is 0 Å². The predicted octanol–water partition coefficient (Wildman–Crippen LogP) is 3.19. The standard InChI is InChI=1S/C17H34N2O/c1-17(2,3)18-14-15-8-4-5-11-19(15)12-6-9-16-10-7-13-20-16/h15-16,18H,4-14H2,1-3H3. The van der Waals surface area contributed by atoms with Crippen molar-refractivity contribution in [3.63, 3.8) is 0 Å². The summed E-state index contributed by atoms with van der Waals surface area (Å²) in [5.41, 5.74) is 0.237. The van der Waals surface area contributed by atoms with Crippen molar-refractivity contribution in [2.75, 3.05) is 26.2 Å². The summed E-state index contributed by atoms with van der Waals surface area (Å²) in [5.74, 6) is 0. The third-order valence-corrected chi connectivity index (χ3v) is 4.61. The van der Waals surface area contributed by atoms with Gasteiger partial charge in [0, 0.05) is 24.7 Å². The third-order valence-electron chi connectivity index (χ3n) is 4.61. The van der Waals surface area contributed by atoms with Crippen LogP contribution in [-0.2, 0) is 4.74 Å². The minimum Gasteiger partial charge on any atom is -0.378 e. The number of likely N-dealkylation sites (tertiary alicyclic amines) is 1. The molecule has 2 heterocycles. The maximum atomic E-state index is 5.73. The summed E-state index contributed by atoms with van der Waals surface area (Å²) in [6.45, 7) is 11.5. The molecule has 2 aliphatic rings. The van der Waals surface area contributed by atoms with Crippen molar-refractivity contribution in [2.24, 2.45) is 0 Å². The van der Waals surface area contributed by atoms with Gasteiger partial charge < -0.3 is 10.1 Å². The minimum atomic E-state index is 0.237. The van der Waals surface area contributed by atoms with E-state index in [1.165, 1.54) is 58.0 Å². The highest BCUT2D eigenvalue weighted by molar-refractivity contribution is 4.82. The molecule has 118 valence electrons. The molecule has 2 atom stereocenters. The summed E-state index contributed by atoms with van der Waals surface area (Å²) in [4.78, 5) is 2.72. The van der Waals surface area contributed by atoms with Crippen molar-refractivity contribution in [3.05, 3.63) is 0 Å². The molecule has 3 heteroatoms. The van der Waals surface area contributed by atoms with Gasteiger partial charge in [0.05, 0.1) is 6.10 Å². The van der Waals surface area contributed by atoms with Gasteiger partial charge in [-0.1, -0.05) is 6.42 Å². The minimum absolute atomic E-state index is 0.237. The summed E-state index contributed by atoms with van der Waals surface area (Å²) < 4.78 is 5.73. The zero-order chi connectivity index (χ0) is 14.4. The summed E-state index contributed by atoms with van der Waals surface area (Å²) in [5, 5.41) is 3.69. The van der Waals surface area contributed by atoms with E-state index in [1.807, 2.05) is 0 Å². The smallest absolute Gasteiger partial charge is 0.0576 e. The first-order chi connectivity index (χ1) is 9.54. The van der Waals surface area contributed by atoms with Crippen LogP contribution in [0.2, 0.25) is 0 Å². The molecule has 20 heavy (non-hydrogen) atoms. The lowest BCUT2D eigenvalue weighted by molar-refractivity contribution is 0.0899. The van der Waals surface area contributed by atoms with Crippen molar-refractivity contribution in [3.8, 4) is 0 Å². The first-order valence-electron chi connectivity index (χ1n) is 8.65. The van der Waals surface area contributed by atoms with Crippen LogP contribution < -0.4 is 5.32 Å². The van der Waals surface area contributed by atoms with Gasteiger partial charge in [-0.3, -0.25) is 4.90 Å². The number of nitrogens with zero attached hydrogens (tertiary/aromatic N) is 1. The second-order valence-electron chi connectivity index (χ2n) is 7.59. The number of piperidine rings is 1. The largest absolute Gasteiger partial charge is 0.378 e. The molecule has 2 rings (SSSR count). The van der Waals surface area contributed by atoms with Crippen LogP contribution in [0.4, 0.5) is 0 Å². The number of hydrogen-bond donors (Lipinski definition) is 1. The zero-order valence-electron chi connectivity index (χ0n) is 13.8. The van der Waals surface area contributed by atoms with E-state index < -0.39 is 0 Å². The first kappa shape index (κ1) is 16.3. The molecule has 1 N–H and O–H groups in total. The summed E-state index contributed by atoms with van der Waals surface area (Å²) >= 11 is 0. The Hall–Kier alpha value is -0.120. The Labute approximate surface area is 125 Å². The van der Waals surface area contributed by atoms with Gasteiger partial charge >= 0.3 is 0 Å². The van der Waals surface area contributed by atoms with Crippen LogP contribution in [0.15, 0.2) is 0 Å². The molecule has 0 amide bonds. The molecule has 0 aromatic heterocycles. The van der Waals surface area contributed by atoms with Crippen molar-refractivity contribution in [1.82, 2.24) is 10.2 Å². The van der Waals surface area contributed by atoms with E-state index >= 15 is 0 Å². The molecule has 3 nitrogen and oxygen atoms in total. The highest BCUT2D eigenvalue weighted by Crippen LogP contribution is 2.20. The van der Waals surface area contributed by atoms with Crippen LogP contribution in [0.3, 0.4) is 0 Å². The molecule has 2 aliphatic heterocycles. The second kappa shape index (κ2) is 7.77. The molecule has 0 radical (unpaired) electrons. The Balaban J connectivity index is 1.69. The van der Waals surface area contributed by atoms with Gasteiger partial charge in [0.2, 0.25) is 0 Å². The molecule has 0 bridgehead atoms. The molecule has 2 fully saturated rings. The van der Waals surface area contributed by atoms with Gasteiger partial charge in [-0.05, 0) is 72.4 Å². The third kappa shape index (κ3) is 5.71. The highest BCUT2D eigenvalue weighted by atomic mass is 16.5. The van der Waals surface area contributed by atoms with Gasteiger partial charge in [-0.2, -0.15) is 0 Å². The monoisotopic (exact) mass is 282 g/mol. The van der Waals surface area contributed by atoms with E-state index in [-0.39, 0.29) is 5.54 Å². The van der Waals surface area contributed by atoms with Gasteiger partial charge in [0.15, 0.2) is 0 Å². The van der Waals surface area contributed by atoms with Crippen molar-refractivity contribution >= 4 is 0 Å². The van der Waals surface area contributed by atoms with Gasteiger partial charge in [0.1, 0.15) is 0 Å². The van der Waals surface area contributed by atoms with Crippen LogP contribution in [0.5, 0.6) is 0 Å². The molecule has 0 saturated carbocycles. The quantitative estimate of drug-likeness (QED) is 0.810. The average Bonchev–Trinajstić information content (AvgIpc) is 2.90. The molecule has 0 aromatic carbocycles. The molecule has 2 saturated heterocycles. The molecule has 2 unspecified atom stereocenters. The normalized spacial score (nSPS) is 28.9. The number of rotatable bonds is 6. The SMILES string of the molecule is CC(C)(C)NCC1CCCCN1CCCC1CCCO1. The van der Waals surface area contributed by atoms with E-state index in [2.05, 4.69) is 31.0 Å². The van der Waals surface area contributed by atoms with E-state index in [4.69, 9.17) is 4.74 Å². The van der Waals surface area contributed by atoms with Gasteiger partial charge in [0.25, 0.3) is 0 Å². The Morgan fingerprint density at radius 3 is 2.70 bits per heavy atom. The number of hydrogen-bond acceptors (Lipinski definition) is 3. The van der Waals surface area contributed by atoms with E-state index in [0.29, 0.717) is 6.10 Å². The van der Waals surface area contributed by atoms with E-state index in [9.17, 15) is 0 Å². The summed E-state index contributed by atoms with van der Waals surface area (Å²) in [6.07, 6.45) is 9.83. The van der Waals surface area contributed by atoms with E-state index in [0.717, 1.165) is 19.2 Å². The van der Waals surface area contributed by atoms with Crippen LogP contribution in [0.1, 0.15) is 65.7 Å². The average molecular weight is 282 g/mol. The summed E-state index contributed by atoms with van der Waals surface area (Å²) in [6, 6.07) is 0.743. The van der Waals surface area contributed by atoms with Gasteiger partial charge in [-0.15, -0.1) is 0 Å². The topological polar surface area (TPSA) is 24.5 Å². The van der Waals surface area contributed by atoms with Crippen molar-refractivity contribution < 1.29 is 4.74 Å². The predicted molar refractivity (Wildman–Crippen MR) is 85.2 cm³/mol.